The number of benzene rings is 2. The van der Waals surface area contributed by atoms with E-state index >= 15 is 0 Å². The number of methoxy groups -OCH3 is 2. The van der Waals surface area contributed by atoms with E-state index in [4.69, 9.17) is 32.7 Å². The molecule has 0 saturated carbocycles. The fraction of sp³-hybridized carbons (Fsp3) is 0.118. The fourth-order valence-corrected chi connectivity index (χ4v) is 2.37. The van der Waals surface area contributed by atoms with Gasteiger partial charge in [0.1, 0.15) is 11.5 Å². The van der Waals surface area contributed by atoms with Crippen molar-refractivity contribution in [3.63, 3.8) is 0 Å². The number of carbonyl (C=O) groups excluding carboxylic acids is 1. The van der Waals surface area contributed by atoms with Crippen LogP contribution in [0.25, 0.3) is 6.08 Å². The van der Waals surface area contributed by atoms with Crippen molar-refractivity contribution in [2.24, 2.45) is 0 Å². The topological polar surface area (TPSA) is 35.5 Å². The summed E-state index contributed by atoms with van der Waals surface area (Å²) in [5.41, 5.74) is 1.13. The molecule has 2 rings (SSSR count). The first-order valence-electron chi connectivity index (χ1n) is 6.44. The molecule has 0 aliphatic carbocycles. The van der Waals surface area contributed by atoms with Crippen molar-refractivity contribution in [2.75, 3.05) is 14.2 Å². The van der Waals surface area contributed by atoms with E-state index in [1.807, 2.05) is 0 Å². The first-order chi connectivity index (χ1) is 10.5. The van der Waals surface area contributed by atoms with Gasteiger partial charge in [-0.2, -0.15) is 0 Å². The molecule has 2 aromatic rings. The predicted molar refractivity (Wildman–Crippen MR) is 89.4 cm³/mol. The Morgan fingerprint density at radius 3 is 2.45 bits per heavy atom. The van der Waals surface area contributed by atoms with Gasteiger partial charge in [-0.15, -0.1) is 0 Å². The molecule has 0 aromatic heterocycles. The monoisotopic (exact) mass is 336 g/mol. The summed E-state index contributed by atoms with van der Waals surface area (Å²) in [6, 6.07) is 10.1. The normalized spacial score (nSPS) is 10.7. The summed E-state index contributed by atoms with van der Waals surface area (Å²) in [6.45, 7) is 0. The number of halogens is 2. The number of allylic oxidation sites excluding steroid dienone is 1. The van der Waals surface area contributed by atoms with Crippen molar-refractivity contribution in [1.29, 1.82) is 0 Å². The Hall–Kier alpha value is -1.97. The maximum Gasteiger partial charge on any atom is 0.189 e. The molecule has 0 saturated heterocycles. The van der Waals surface area contributed by atoms with Gasteiger partial charge in [0.25, 0.3) is 0 Å². The van der Waals surface area contributed by atoms with Gasteiger partial charge < -0.3 is 9.47 Å². The van der Waals surface area contributed by atoms with E-state index in [1.165, 1.54) is 13.2 Å². The van der Waals surface area contributed by atoms with Crippen LogP contribution >= 0.6 is 23.2 Å². The summed E-state index contributed by atoms with van der Waals surface area (Å²) in [6.07, 6.45) is 3.08. The zero-order valence-electron chi connectivity index (χ0n) is 12.1. The van der Waals surface area contributed by atoms with E-state index in [-0.39, 0.29) is 5.78 Å². The van der Waals surface area contributed by atoms with E-state index < -0.39 is 0 Å². The molecule has 2 aromatic carbocycles. The molecule has 3 nitrogen and oxygen atoms in total. The lowest BCUT2D eigenvalue weighted by atomic mass is 10.1. The van der Waals surface area contributed by atoms with Crippen LogP contribution in [0.4, 0.5) is 0 Å². The summed E-state index contributed by atoms with van der Waals surface area (Å²) in [5.74, 6) is 0.862. The Morgan fingerprint density at radius 1 is 1.05 bits per heavy atom. The van der Waals surface area contributed by atoms with Crippen molar-refractivity contribution >= 4 is 35.1 Å². The van der Waals surface area contributed by atoms with Gasteiger partial charge in [0.15, 0.2) is 5.78 Å². The van der Waals surface area contributed by atoms with E-state index in [0.717, 1.165) is 0 Å². The lowest BCUT2D eigenvalue weighted by Gasteiger charge is -2.08. The molecule has 0 N–H and O–H groups in total. The van der Waals surface area contributed by atoms with Crippen LogP contribution in [0.2, 0.25) is 10.0 Å². The van der Waals surface area contributed by atoms with Gasteiger partial charge in [-0.25, -0.2) is 0 Å². The second-order valence-corrected chi connectivity index (χ2v) is 5.27. The maximum atomic E-state index is 12.4. The minimum absolute atomic E-state index is 0.207. The van der Waals surface area contributed by atoms with E-state index in [1.54, 1.807) is 49.6 Å². The second kappa shape index (κ2) is 7.34. The molecule has 0 radical (unpaired) electrons. The Bertz CT molecular complexity index is 724. The van der Waals surface area contributed by atoms with E-state index in [2.05, 4.69) is 0 Å². The van der Waals surface area contributed by atoms with Crippen LogP contribution in [0, 0.1) is 0 Å². The van der Waals surface area contributed by atoms with Crippen molar-refractivity contribution in [1.82, 2.24) is 0 Å². The second-order valence-electron chi connectivity index (χ2n) is 4.43. The highest BCUT2D eigenvalue weighted by molar-refractivity contribution is 6.35. The maximum absolute atomic E-state index is 12.4. The number of hydrogen-bond acceptors (Lipinski definition) is 3. The van der Waals surface area contributed by atoms with Crippen LogP contribution in [0.3, 0.4) is 0 Å². The number of hydrogen-bond donors (Lipinski definition) is 0. The van der Waals surface area contributed by atoms with Gasteiger partial charge in [-0.3, -0.25) is 4.79 Å². The molecule has 0 aliphatic rings. The summed E-state index contributed by atoms with van der Waals surface area (Å²) >= 11 is 11.9. The molecular formula is C17H14Cl2O3. The number of ether oxygens (including phenoxy) is 2. The fourth-order valence-electron chi connectivity index (χ4n) is 1.90. The van der Waals surface area contributed by atoms with Crippen molar-refractivity contribution in [3.8, 4) is 11.5 Å². The van der Waals surface area contributed by atoms with Crippen LogP contribution < -0.4 is 9.47 Å². The molecule has 0 unspecified atom stereocenters. The Kier molecular flexibility index (Phi) is 5.47. The molecule has 0 heterocycles. The zero-order valence-corrected chi connectivity index (χ0v) is 13.6. The molecule has 0 spiro atoms. The highest BCUT2D eigenvalue weighted by atomic mass is 35.5. The Labute approximate surface area is 139 Å². The highest BCUT2D eigenvalue weighted by Crippen LogP contribution is 2.26. The van der Waals surface area contributed by atoms with E-state index in [0.29, 0.717) is 32.7 Å². The lowest BCUT2D eigenvalue weighted by molar-refractivity contribution is 0.104. The van der Waals surface area contributed by atoms with Crippen molar-refractivity contribution in [3.05, 3.63) is 63.6 Å². The van der Waals surface area contributed by atoms with Crippen LogP contribution in [0.1, 0.15) is 15.9 Å². The van der Waals surface area contributed by atoms with E-state index in [9.17, 15) is 4.79 Å². The SMILES string of the molecule is COc1ccc(OC)c(C(=O)/C=C/c2ccc(Cl)cc2Cl)c1. The number of rotatable bonds is 5. The van der Waals surface area contributed by atoms with Crippen molar-refractivity contribution < 1.29 is 14.3 Å². The molecule has 114 valence electrons. The first kappa shape index (κ1) is 16.4. The van der Waals surface area contributed by atoms with Gasteiger partial charge in [-0.1, -0.05) is 29.3 Å². The summed E-state index contributed by atoms with van der Waals surface area (Å²) < 4.78 is 10.3. The molecule has 5 heteroatoms. The molecular weight excluding hydrogens is 323 g/mol. The van der Waals surface area contributed by atoms with Crippen LogP contribution in [0.15, 0.2) is 42.5 Å². The minimum Gasteiger partial charge on any atom is -0.497 e. The third-order valence-electron chi connectivity index (χ3n) is 3.05. The molecule has 0 bridgehead atoms. The van der Waals surface area contributed by atoms with Gasteiger partial charge in [0.2, 0.25) is 0 Å². The number of carbonyl (C=O) groups is 1. The third kappa shape index (κ3) is 3.81. The third-order valence-corrected chi connectivity index (χ3v) is 3.61. The Balaban J connectivity index is 2.30. The molecule has 0 aliphatic heterocycles. The highest BCUT2D eigenvalue weighted by Gasteiger charge is 2.11. The smallest absolute Gasteiger partial charge is 0.189 e. The van der Waals surface area contributed by atoms with Crippen LogP contribution in [0.5, 0.6) is 11.5 Å². The molecule has 0 amide bonds. The lowest BCUT2D eigenvalue weighted by Crippen LogP contribution is -1.99. The van der Waals surface area contributed by atoms with Gasteiger partial charge in [0, 0.05) is 10.0 Å². The molecule has 0 fully saturated rings. The van der Waals surface area contributed by atoms with Crippen LogP contribution in [-0.4, -0.2) is 20.0 Å². The predicted octanol–water partition coefficient (Wildman–Crippen LogP) is 4.91. The molecule has 22 heavy (non-hydrogen) atoms. The first-order valence-corrected chi connectivity index (χ1v) is 7.20. The minimum atomic E-state index is -0.207. The summed E-state index contributed by atoms with van der Waals surface area (Å²) in [7, 11) is 3.05. The average Bonchev–Trinajstić information content (AvgIpc) is 2.53. The van der Waals surface area contributed by atoms with Gasteiger partial charge in [-0.05, 0) is 48.0 Å². The summed E-state index contributed by atoms with van der Waals surface area (Å²) in [5, 5.41) is 1.03. The van der Waals surface area contributed by atoms with Crippen molar-refractivity contribution in [2.45, 2.75) is 0 Å². The quantitative estimate of drug-likeness (QED) is 0.575. The van der Waals surface area contributed by atoms with Gasteiger partial charge in [0.05, 0.1) is 19.8 Å². The molecule has 0 atom stereocenters. The summed E-state index contributed by atoms with van der Waals surface area (Å²) in [4.78, 5) is 12.4. The Morgan fingerprint density at radius 2 is 1.82 bits per heavy atom. The number of ketones is 1. The average molecular weight is 337 g/mol. The standard InChI is InChI=1S/C17H14Cl2O3/c1-21-13-6-8-17(22-2)14(10-13)16(20)7-4-11-3-5-12(18)9-15(11)19/h3-10H,1-2H3/b7-4+. The zero-order chi connectivity index (χ0) is 16.1. The van der Waals surface area contributed by atoms with Crippen LogP contribution in [-0.2, 0) is 0 Å². The largest absolute Gasteiger partial charge is 0.497 e. The van der Waals surface area contributed by atoms with Gasteiger partial charge >= 0.3 is 0 Å².